The minimum Gasteiger partial charge on any atom is -0.341 e. The zero-order chi connectivity index (χ0) is 7.90. The van der Waals surface area contributed by atoms with Gasteiger partial charge in [0, 0.05) is 33.7 Å². The Hall–Kier alpha value is -0.120. The summed E-state index contributed by atoms with van der Waals surface area (Å²) in [6, 6.07) is 0. The molecule has 2 fully saturated rings. The summed E-state index contributed by atoms with van der Waals surface area (Å²) in [7, 11) is 3.45. The largest absolute Gasteiger partial charge is 0.341 e. The van der Waals surface area contributed by atoms with Crippen LogP contribution in [0.1, 0.15) is 12.8 Å². The fourth-order valence-corrected chi connectivity index (χ4v) is 2.31. The molecule has 0 radical (unpaired) electrons. The van der Waals surface area contributed by atoms with Gasteiger partial charge < -0.3 is 9.47 Å². The van der Waals surface area contributed by atoms with Crippen LogP contribution >= 0.6 is 0 Å². The summed E-state index contributed by atoms with van der Waals surface area (Å²) in [5, 5.41) is 0. The lowest BCUT2D eigenvalue weighted by molar-refractivity contribution is -0.283. The van der Waals surface area contributed by atoms with Crippen molar-refractivity contribution in [2.75, 3.05) is 27.3 Å². The maximum Gasteiger partial charge on any atom is 0.229 e. The maximum atomic E-state index is 5.39. The van der Waals surface area contributed by atoms with E-state index >= 15 is 0 Å². The van der Waals surface area contributed by atoms with Crippen molar-refractivity contribution in [2.24, 2.45) is 5.92 Å². The van der Waals surface area contributed by atoms with Gasteiger partial charge in [-0.25, -0.2) is 0 Å². The van der Waals surface area contributed by atoms with E-state index in [-0.39, 0.29) is 5.91 Å². The summed E-state index contributed by atoms with van der Waals surface area (Å²) in [4.78, 5) is 2.29. The molecule has 0 aromatic heterocycles. The highest BCUT2D eigenvalue weighted by atomic mass is 16.7. The highest BCUT2D eigenvalue weighted by Crippen LogP contribution is 2.41. The summed E-state index contributed by atoms with van der Waals surface area (Å²) in [5.41, 5.74) is 0. The molecule has 3 nitrogen and oxygen atoms in total. The number of hydrogen-bond donors (Lipinski definition) is 0. The molecule has 0 spiro atoms. The highest BCUT2D eigenvalue weighted by Gasteiger charge is 2.50. The molecule has 0 aromatic rings. The SMILES string of the molecule is COC1(OC)CC2CCN1C2. The number of nitrogens with zero attached hydrogens (tertiary/aromatic N) is 1. The van der Waals surface area contributed by atoms with Gasteiger partial charge in [-0.3, -0.25) is 4.90 Å². The highest BCUT2D eigenvalue weighted by molar-refractivity contribution is 4.92. The van der Waals surface area contributed by atoms with Crippen LogP contribution in [-0.4, -0.2) is 38.1 Å². The summed E-state index contributed by atoms with van der Waals surface area (Å²) in [6.45, 7) is 2.29. The van der Waals surface area contributed by atoms with E-state index in [1.54, 1.807) is 14.2 Å². The maximum absolute atomic E-state index is 5.39. The number of rotatable bonds is 2. The molecule has 2 unspecified atom stereocenters. The van der Waals surface area contributed by atoms with E-state index in [9.17, 15) is 0 Å². The second-order valence-electron chi connectivity index (χ2n) is 3.43. The number of methoxy groups -OCH3 is 2. The number of hydrogen-bond acceptors (Lipinski definition) is 3. The van der Waals surface area contributed by atoms with Crippen molar-refractivity contribution in [3.63, 3.8) is 0 Å². The first-order valence-corrected chi connectivity index (χ1v) is 4.16. The molecule has 0 N–H and O–H groups in total. The van der Waals surface area contributed by atoms with E-state index in [1.165, 1.54) is 6.42 Å². The van der Waals surface area contributed by atoms with Gasteiger partial charge in [0.15, 0.2) is 0 Å². The summed E-state index contributed by atoms with van der Waals surface area (Å²) >= 11 is 0. The molecule has 0 saturated carbocycles. The Morgan fingerprint density at radius 1 is 1.36 bits per heavy atom. The van der Waals surface area contributed by atoms with Crippen molar-refractivity contribution < 1.29 is 9.47 Å². The average Bonchev–Trinajstić information content (AvgIpc) is 2.62. The lowest BCUT2D eigenvalue weighted by Gasteiger charge is -2.36. The predicted molar refractivity (Wildman–Crippen MR) is 41.0 cm³/mol. The normalized spacial score (nSPS) is 39.8. The lowest BCUT2D eigenvalue weighted by atomic mass is 10.0. The Bertz CT molecular complexity index is 156. The van der Waals surface area contributed by atoms with Gasteiger partial charge in [0.05, 0.1) is 0 Å². The first kappa shape index (κ1) is 7.53. The smallest absolute Gasteiger partial charge is 0.229 e. The monoisotopic (exact) mass is 157 g/mol. The van der Waals surface area contributed by atoms with Gasteiger partial charge in [0.2, 0.25) is 5.91 Å². The second-order valence-corrected chi connectivity index (χ2v) is 3.43. The Kier molecular flexibility index (Phi) is 1.67. The van der Waals surface area contributed by atoms with Crippen molar-refractivity contribution in [1.82, 2.24) is 4.90 Å². The van der Waals surface area contributed by atoms with E-state index in [1.807, 2.05) is 0 Å². The van der Waals surface area contributed by atoms with Crippen molar-refractivity contribution in [1.29, 1.82) is 0 Å². The van der Waals surface area contributed by atoms with Gasteiger partial charge in [-0.15, -0.1) is 0 Å². The Balaban J connectivity index is 2.14. The predicted octanol–water partition coefficient (Wildman–Crippen LogP) is 0.659. The Morgan fingerprint density at radius 3 is 2.36 bits per heavy atom. The fraction of sp³-hybridized carbons (Fsp3) is 1.00. The van der Waals surface area contributed by atoms with Gasteiger partial charge in [-0.05, 0) is 12.3 Å². The fourth-order valence-electron chi connectivity index (χ4n) is 2.31. The van der Waals surface area contributed by atoms with E-state index < -0.39 is 0 Å². The molecule has 2 aliphatic rings. The van der Waals surface area contributed by atoms with Crippen LogP contribution in [0.25, 0.3) is 0 Å². The minimum absolute atomic E-state index is 0.372. The standard InChI is InChI=1S/C8H15NO2/c1-10-8(11-2)5-7-3-4-9(8)6-7/h7H,3-6H2,1-2H3. The molecule has 2 heterocycles. The molecule has 0 amide bonds. The van der Waals surface area contributed by atoms with Crippen molar-refractivity contribution in [2.45, 2.75) is 18.8 Å². The topological polar surface area (TPSA) is 21.7 Å². The quantitative estimate of drug-likeness (QED) is 0.550. The van der Waals surface area contributed by atoms with Crippen LogP contribution in [0.2, 0.25) is 0 Å². The lowest BCUT2D eigenvalue weighted by Crippen LogP contribution is -2.47. The number of piperidine rings is 1. The van der Waals surface area contributed by atoms with Gasteiger partial charge in [0.25, 0.3) is 0 Å². The molecule has 2 aliphatic heterocycles. The zero-order valence-corrected chi connectivity index (χ0v) is 7.17. The van der Waals surface area contributed by atoms with Crippen LogP contribution in [0.3, 0.4) is 0 Å². The van der Waals surface area contributed by atoms with Crippen molar-refractivity contribution >= 4 is 0 Å². The summed E-state index contributed by atoms with van der Waals surface area (Å²) in [5.74, 6) is 0.429. The second kappa shape index (κ2) is 2.44. The molecule has 2 bridgehead atoms. The summed E-state index contributed by atoms with van der Waals surface area (Å²) in [6.07, 6.45) is 2.36. The number of ether oxygens (including phenoxy) is 2. The van der Waals surface area contributed by atoms with Crippen LogP contribution in [0, 0.1) is 5.92 Å². The van der Waals surface area contributed by atoms with Crippen LogP contribution in [-0.2, 0) is 9.47 Å². The molecule has 3 heteroatoms. The van der Waals surface area contributed by atoms with Crippen LogP contribution in [0.5, 0.6) is 0 Å². The van der Waals surface area contributed by atoms with E-state index in [2.05, 4.69) is 4.90 Å². The molecule has 64 valence electrons. The first-order valence-electron chi connectivity index (χ1n) is 4.16. The molecule has 0 aromatic carbocycles. The van der Waals surface area contributed by atoms with E-state index in [0.717, 1.165) is 25.4 Å². The molecule has 2 saturated heterocycles. The zero-order valence-electron chi connectivity index (χ0n) is 7.17. The number of fused-ring (bicyclic) bond motifs is 2. The van der Waals surface area contributed by atoms with Crippen LogP contribution in [0.15, 0.2) is 0 Å². The van der Waals surface area contributed by atoms with Crippen molar-refractivity contribution in [3.05, 3.63) is 0 Å². The van der Waals surface area contributed by atoms with Crippen LogP contribution in [0.4, 0.5) is 0 Å². The van der Waals surface area contributed by atoms with E-state index in [0.29, 0.717) is 0 Å². The average molecular weight is 157 g/mol. The third-order valence-corrected chi connectivity index (χ3v) is 2.95. The molecular formula is C8H15NO2. The van der Waals surface area contributed by atoms with Gasteiger partial charge in [-0.1, -0.05) is 0 Å². The summed E-state index contributed by atoms with van der Waals surface area (Å²) < 4.78 is 10.8. The third-order valence-electron chi connectivity index (χ3n) is 2.95. The molecule has 2 rings (SSSR count). The Morgan fingerprint density at radius 2 is 2.09 bits per heavy atom. The Labute approximate surface area is 67.3 Å². The molecule has 11 heavy (non-hydrogen) atoms. The van der Waals surface area contributed by atoms with Gasteiger partial charge >= 0.3 is 0 Å². The van der Waals surface area contributed by atoms with Crippen LogP contribution < -0.4 is 0 Å². The van der Waals surface area contributed by atoms with Crippen molar-refractivity contribution in [3.8, 4) is 0 Å². The van der Waals surface area contributed by atoms with Gasteiger partial charge in [0.1, 0.15) is 0 Å². The third kappa shape index (κ3) is 0.916. The molecule has 2 atom stereocenters. The van der Waals surface area contributed by atoms with E-state index in [4.69, 9.17) is 9.47 Å². The minimum atomic E-state index is -0.372. The molecular weight excluding hydrogens is 142 g/mol. The first-order chi connectivity index (χ1) is 5.30. The van der Waals surface area contributed by atoms with Gasteiger partial charge in [-0.2, -0.15) is 0 Å². The molecule has 0 aliphatic carbocycles.